The number of aromatic nitrogens is 2. The zero-order valence-electron chi connectivity index (χ0n) is 14.8. The Labute approximate surface area is 152 Å². The summed E-state index contributed by atoms with van der Waals surface area (Å²) in [6.07, 6.45) is 1.01. The zero-order chi connectivity index (χ0) is 18.9. The van der Waals surface area contributed by atoms with Crippen LogP contribution < -0.4 is 0 Å². The smallest absolute Gasteiger partial charge is 0.296 e. The molecule has 0 bridgehead atoms. The van der Waals surface area contributed by atoms with Crippen LogP contribution in [0.15, 0.2) is 35.4 Å². The molecule has 0 radical (unpaired) electrons. The van der Waals surface area contributed by atoms with Crippen molar-refractivity contribution in [1.29, 1.82) is 0 Å². The maximum absolute atomic E-state index is 12.8. The fraction of sp³-hybridized carbons (Fsp3) is 0.471. The van der Waals surface area contributed by atoms with Gasteiger partial charge in [0.1, 0.15) is 4.90 Å². The number of alkyl halides is 2. The van der Waals surface area contributed by atoms with Crippen LogP contribution in [-0.4, -0.2) is 53.6 Å². The lowest BCUT2D eigenvalue weighted by atomic mass is 10.1. The number of benzene rings is 1. The summed E-state index contributed by atoms with van der Waals surface area (Å²) in [5, 5.41) is 3.51. The predicted octanol–water partition coefficient (Wildman–Crippen LogP) is 2.40. The van der Waals surface area contributed by atoms with Gasteiger partial charge in [0.25, 0.3) is 0 Å². The second kappa shape index (κ2) is 7.42. The predicted molar refractivity (Wildman–Crippen MR) is 93.4 cm³/mol. The van der Waals surface area contributed by atoms with Crippen molar-refractivity contribution >= 4 is 10.0 Å². The van der Waals surface area contributed by atoms with E-state index in [1.807, 2.05) is 12.1 Å². The summed E-state index contributed by atoms with van der Waals surface area (Å²) in [4.78, 5) is 2.05. The molecule has 1 fully saturated rings. The van der Waals surface area contributed by atoms with Gasteiger partial charge in [-0.15, -0.1) is 0 Å². The molecule has 0 spiro atoms. The maximum atomic E-state index is 12.8. The minimum absolute atomic E-state index is 0.0395. The Bertz CT molecular complexity index is 875. The van der Waals surface area contributed by atoms with Crippen molar-refractivity contribution in [2.45, 2.75) is 31.8 Å². The minimum atomic E-state index is -3.82. The normalized spacial score (nSPS) is 17.1. The van der Waals surface area contributed by atoms with Crippen LogP contribution >= 0.6 is 0 Å². The van der Waals surface area contributed by atoms with Gasteiger partial charge in [-0.25, -0.2) is 13.1 Å². The first-order valence-corrected chi connectivity index (χ1v) is 9.84. The first kappa shape index (κ1) is 18.9. The number of aryl methyl sites for hydroxylation is 1. The molecule has 0 N–H and O–H groups in total. The summed E-state index contributed by atoms with van der Waals surface area (Å²) in [5.41, 5.74) is 2.39. The standard InChI is InChI=1S/C17H22F2N4O2S/c1-13-5-3-4-6-15(13)12-21-7-9-22(10-8-21)26(24,25)16-11-20-23(14(16)2)17(18)19/h3-6,11,17H,7-10,12H2,1-2H3. The van der Waals surface area contributed by atoms with E-state index >= 15 is 0 Å². The highest BCUT2D eigenvalue weighted by Gasteiger charge is 2.32. The topological polar surface area (TPSA) is 58.4 Å². The molecule has 0 aliphatic carbocycles. The highest BCUT2D eigenvalue weighted by Crippen LogP contribution is 2.24. The average Bonchev–Trinajstić information content (AvgIpc) is 3.00. The van der Waals surface area contributed by atoms with Crippen LogP contribution in [0.25, 0.3) is 0 Å². The van der Waals surface area contributed by atoms with Crippen molar-refractivity contribution in [3.8, 4) is 0 Å². The molecule has 2 aromatic rings. The Balaban J connectivity index is 1.68. The van der Waals surface area contributed by atoms with E-state index in [-0.39, 0.29) is 10.6 Å². The van der Waals surface area contributed by atoms with E-state index in [1.165, 1.54) is 22.4 Å². The summed E-state index contributed by atoms with van der Waals surface area (Å²) in [7, 11) is -3.82. The van der Waals surface area contributed by atoms with E-state index in [0.29, 0.717) is 30.9 Å². The Hall–Kier alpha value is -1.84. The molecule has 1 aromatic heterocycles. The van der Waals surface area contributed by atoms with Crippen molar-refractivity contribution in [3.63, 3.8) is 0 Å². The van der Waals surface area contributed by atoms with Gasteiger partial charge in [-0.05, 0) is 25.0 Å². The van der Waals surface area contributed by atoms with Crippen LogP contribution in [0, 0.1) is 13.8 Å². The third-order valence-corrected chi connectivity index (χ3v) is 6.79. The Morgan fingerprint density at radius 3 is 2.35 bits per heavy atom. The van der Waals surface area contributed by atoms with Crippen molar-refractivity contribution < 1.29 is 17.2 Å². The Kier molecular flexibility index (Phi) is 5.40. The summed E-state index contributed by atoms with van der Waals surface area (Å²) in [6.45, 7) is 3.15. The monoisotopic (exact) mass is 384 g/mol. The first-order valence-electron chi connectivity index (χ1n) is 8.40. The average molecular weight is 384 g/mol. The zero-order valence-corrected chi connectivity index (χ0v) is 15.6. The van der Waals surface area contributed by atoms with Crippen molar-refractivity contribution in [2.75, 3.05) is 26.2 Å². The van der Waals surface area contributed by atoms with Crippen LogP contribution in [-0.2, 0) is 16.6 Å². The SMILES string of the molecule is Cc1ccccc1CN1CCN(S(=O)(=O)c2cnn(C(F)F)c2C)CC1. The molecule has 1 saturated heterocycles. The van der Waals surface area contributed by atoms with Crippen LogP contribution in [0.4, 0.5) is 8.78 Å². The Morgan fingerprint density at radius 2 is 1.77 bits per heavy atom. The number of piperazine rings is 1. The lowest BCUT2D eigenvalue weighted by Gasteiger charge is -2.34. The summed E-state index contributed by atoms with van der Waals surface area (Å²) in [6, 6.07) is 8.11. The molecule has 142 valence electrons. The summed E-state index contributed by atoms with van der Waals surface area (Å²) >= 11 is 0. The lowest BCUT2D eigenvalue weighted by molar-refractivity contribution is 0.0541. The number of hydrogen-bond acceptors (Lipinski definition) is 4. The highest BCUT2D eigenvalue weighted by atomic mass is 32.2. The van der Waals surface area contributed by atoms with Gasteiger partial charge in [-0.3, -0.25) is 4.90 Å². The van der Waals surface area contributed by atoms with Crippen LogP contribution in [0.2, 0.25) is 0 Å². The van der Waals surface area contributed by atoms with Gasteiger partial charge < -0.3 is 0 Å². The molecule has 1 aromatic carbocycles. The third-order valence-electron chi connectivity index (χ3n) is 4.79. The van der Waals surface area contributed by atoms with Gasteiger partial charge in [-0.1, -0.05) is 24.3 Å². The minimum Gasteiger partial charge on any atom is -0.296 e. The van der Waals surface area contributed by atoms with E-state index < -0.39 is 16.6 Å². The van der Waals surface area contributed by atoms with Gasteiger partial charge >= 0.3 is 6.55 Å². The van der Waals surface area contributed by atoms with E-state index in [2.05, 4.69) is 29.1 Å². The highest BCUT2D eigenvalue weighted by molar-refractivity contribution is 7.89. The van der Waals surface area contributed by atoms with Gasteiger partial charge in [0.15, 0.2) is 0 Å². The van der Waals surface area contributed by atoms with Crippen molar-refractivity contribution in [3.05, 3.63) is 47.3 Å². The lowest BCUT2D eigenvalue weighted by Crippen LogP contribution is -2.48. The maximum Gasteiger partial charge on any atom is 0.333 e. The summed E-state index contributed by atoms with van der Waals surface area (Å²) in [5.74, 6) is 0. The molecule has 9 heteroatoms. The third kappa shape index (κ3) is 3.65. The molecule has 0 unspecified atom stereocenters. The molecule has 1 aliphatic heterocycles. The number of hydrogen-bond donors (Lipinski definition) is 0. The molecule has 2 heterocycles. The molecule has 1 aliphatic rings. The quantitative estimate of drug-likeness (QED) is 0.794. The molecule has 0 amide bonds. The fourth-order valence-electron chi connectivity index (χ4n) is 3.15. The van der Waals surface area contributed by atoms with Crippen LogP contribution in [0.5, 0.6) is 0 Å². The fourth-order valence-corrected chi connectivity index (χ4v) is 4.72. The number of nitrogens with zero attached hydrogens (tertiary/aromatic N) is 4. The van der Waals surface area contributed by atoms with E-state index in [1.54, 1.807) is 0 Å². The van der Waals surface area contributed by atoms with Gasteiger partial charge in [0.05, 0.1) is 11.9 Å². The van der Waals surface area contributed by atoms with E-state index in [9.17, 15) is 17.2 Å². The number of halogens is 2. The second-order valence-electron chi connectivity index (χ2n) is 6.42. The van der Waals surface area contributed by atoms with Crippen molar-refractivity contribution in [1.82, 2.24) is 19.0 Å². The van der Waals surface area contributed by atoms with Crippen LogP contribution in [0.3, 0.4) is 0 Å². The van der Waals surface area contributed by atoms with Gasteiger partial charge in [-0.2, -0.15) is 18.2 Å². The molecule has 0 atom stereocenters. The molecule has 26 heavy (non-hydrogen) atoms. The largest absolute Gasteiger partial charge is 0.333 e. The van der Waals surface area contributed by atoms with E-state index in [4.69, 9.17) is 0 Å². The molecule has 0 saturated carbocycles. The van der Waals surface area contributed by atoms with Crippen molar-refractivity contribution in [2.24, 2.45) is 0 Å². The Morgan fingerprint density at radius 1 is 1.12 bits per heavy atom. The summed E-state index contributed by atoms with van der Waals surface area (Å²) < 4.78 is 53.0. The van der Waals surface area contributed by atoms with Gasteiger partial charge in [0.2, 0.25) is 10.0 Å². The van der Waals surface area contributed by atoms with Gasteiger partial charge in [0, 0.05) is 32.7 Å². The second-order valence-corrected chi connectivity index (χ2v) is 8.33. The number of sulfonamides is 1. The molecular formula is C17H22F2N4O2S. The molecule has 6 nitrogen and oxygen atoms in total. The molecule has 3 rings (SSSR count). The molecular weight excluding hydrogens is 362 g/mol. The number of rotatable bonds is 5. The first-order chi connectivity index (χ1) is 12.3. The van der Waals surface area contributed by atoms with Crippen LogP contribution in [0.1, 0.15) is 23.4 Å². The van der Waals surface area contributed by atoms with E-state index in [0.717, 1.165) is 12.7 Å².